The molecule has 2 N–H and O–H groups in total. The van der Waals surface area contributed by atoms with E-state index in [0.717, 1.165) is 5.56 Å². The van der Waals surface area contributed by atoms with Crippen molar-refractivity contribution in [3.8, 4) is 5.75 Å². The zero-order valence-electron chi connectivity index (χ0n) is 9.80. The van der Waals surface area contributed by atoms with Gasteiger partial charge in [0.2, 0.25) is 0 Å². The molecule has 0 aliphatic carbocycles. The Hall–Kier alpha value is -2.04. The van der Waals surface area contributed by atoms with Gasteiger partial charge in [-0.2, -0.15) is 0 Å². The number of ether oxygens (including phenoxy) is 2. The summed E-state index contributed by atoms with van der Waals surface area (Å²) in [7, 11) is 0. The topological polar surface area (TPSA) is 78.6 Å². The van der Waals surface area contributed by atoms with E-state index in [1.54, 1.807) is 12.1 Å². The van der Waals surface area contributed by atoms with Crippen molar-refractivity contribution in [2.24, 2.45) is 5.73 Å². The van der Waals surface area contributed by atoms with Crippen molar-refractivity contribution in [3.05, 3.63) is 29.8 Å². The molecular weight excluding hydrogens is 222 g/mol. The van der Waals surface area contributed by atoms with Crippen molar-refractivity contribution in [1.82, 2.24) is 0 Å². The molecule has 0 aliphatic heterocycles. The minimum atomic E-state index is -0.941. The van der Waals surface area contributed by atoms with Gasteiger partial charge in [0.1, 0.15) is 5.75 Å². The van der Waals surface area contributed by atoms with E-state index in [1.165, 1.54) is 6.92 Å². The van der Waals surface area contributed by atoms with Gasteiger partial charge in [-0.05, 0) is 31.5 Å². The van der Waals surface area contributed by atoms with Crippen molar-refractivity contribution in [3.63, 3.8) is 0 Å². The lowest BCUT2D eigenvalue weighted by atomic mass is 10.2. The van der Waals surface area contributed by atoms with E-state index >= 15 is 0 Å². The predicted octanol–water partition coefficient (Wildman–Crippen LogP) is 0.791. The van der Waals surface area contributed by atoms with E-state index in [0.29, 0.717) is 5.75 Å². The number of hydrogen-bond donors (Lipinski definition) is 1. The van der Waals surface area contributed by atoms with Crippen LogP contribution in [0, 0.1) is 6.92 Å². The Morgan fingerprint density at radius 1 is 1.41 bits per heavy atom. The Morgan fingerprint density at radius 3 is 2.71 bits per heavy atom. The van der Waals surface area contributed by atoms with Crippen LogP contribution in [0.1, 0.15) is 12.5 Å². The number of nitrogens with two attached hydrogens (primary N) is 1. The summed E-state index contributed by atoms with van der Waals surface area (Å²) in [5.74, 6) is -0.736. The molecular formula is C12H15NO4. The minimum Gasteiger partial charge on any atom is -0.482 e. The summed E-state index contributed by atoms with van der Waals surface area (Å²) in [6.45, 7) is 3.08. The van der Waals surface area contributed by atoms with Crippen LogP contribution in [0.25, 0.3) is 0 Å². The van der Waals surface area contributed by atoms with Crippen molar-refractivity contribution >= 4 is 11.9 Å². The van der Waals surface area contributed by atoms with Crippen LogP contribution in [0.4, 0.5) is 0 Å². The molecule has 0 bridgehead atoms. The lowest BCUT2D eigenvalue weighted by Crippen LogP contribution is -2.32. The second-order valence-corrected chi connectivity index (χ2v) is 3.64. The normalized spacial score (nSPS) is 11.6. The van der Waals surface area contributed by atoms with E-state index in [-0.39, 0.29) is 6.61 Å². The minimum absolute atomic E-state index is 0.249. The highest BCUT2D eigenvalue weighted by molar-refractivity contribution is 5.82. The van der Waals surface area contributed by atoms with E-state index in [1.807, 2.05) is 19.1 Å². The van der Waals surface area contributed by atoms with Crippen LogP contribution in [0.5, 0.6) is 5.75 Å². The third-order valence-corrected chi connectivity index (χ3v) is 2.06. The molecule has 0 saturated carbocycles. The standard InChI is InChI=1S/C12H15NO4/c1-8-4-3-5-10(6-8)16-7-11(14)17-9(2)12(13)15/h3-6,9H,7H2,1-2H3,(H2,13,15)/t9-/m1/s1. The van der Waals surface area contributed by atoms with Crippen LogP contribution < -0.4 is 10.5 Å². The van der Waals surface area contributed by atoms with Crippen LogP contribution in [0.15, 0.2) is 24.3 Å². The first-order valence-electron chi connectivity index (χ1n) is 5.17. The second-order valence-electron chi connectivity index (χ2n) is 3.64. The monoisotopic (exact) mass is 237 g/mol. The van der Waals surface area contributed by atoms with Crippen molar-refractivity contribution in [2.45, 2.75) is 20.0 Å². The average Bonchev–Trinajstić information content (AvgIpc) is 2.26. The van der Waals surface area contributed by atoms with Crippen LogP contribution >= 0.6 is 0 Å². The van der Waals surface area contributed by atoms with Crippen LogP contribution in [0.2, 0.25) is 0 Å². The average molecular weight is 237 g/mol. The number of carbonyl (C=O) groups excluding carboxylic acids is 2. The quantitative estimate of drug-likeness (QED) is 0.768. The number of rotatable bonds is 5. The molecule has 1 atom stereocenters. The molecule has 5 nitrogen and oxygen atoms in total. The molecule has 0 heterocycles. The number of carbonyl (C=O) groups is 2. The van der Waals surface area contributed by atoms with Gasteiger partial charge >= 0.3 is 5.97 Å². The third-order valence-electron chi connectivity index (χ3n) is 2.06. The SMILES string of the molecule is Cc1cccc(OCC(=O)O[C@H](C)C(N)=O)c1. The molecule has 0 aliphatic rings. The molecule has 1 aromatic rings. The summed E-state index contributed by atoms with van der Waals surface area (Å²) in [5, 5.41) is 0. The second kappa shape index (κ2) is 5.89. The number of hydrogen-bond acceptors (Lipinski definition) is 4. The van der Waals surface area contributed by atoms with Crippen molar-refractivity contribution in [1.29, 1.82) is 0 Å². The molecule has 17 heavy (non-hydrogen) atoms. The lowest BCUT2D eigenvalue weighted by Gasteiger charge is -2.10. The van der Waals surface area contributed by atoms with Gasteiger partial charge in [-0.1, -0.05) is 12.1 Å². The predicted molar refractivity (Wildman–Crippen MR) is 61.4 cm³/mol. The molecule has 0 fully saturated rings. The number of primary amides is 1. The summed E-state index contributed by atoms with van der Waals surface area (Å²) >= 11 is 0. The maximum atomic E-state index is 11.3. The van der Waals surface area contributed by atoms with Crippen LogP contribution in [-0.2, 0) is 14.3 Å². The van der Waals surface area contributed by atoms with Gasteiger partial charge in [-0.3, -0.25) is 4.79 Å². The first-order valence-corrected chi connectivity index (χ1v) is 5.17. The first kappa shape index (κ1) is 13.0. The number of esters is 1. The highest BCUT2D eigenvalue weighted by atomic mass is 16.6. The molecule has 0 unspecified atom stereocenters. The van der Waals surface area contributed by atoms with E-state index < -0.39 is 18.0 Å². The molecule has 1 amide bonds. The van der Waals surface area contributed by atoms with Crippen molar-refractivity contribution < 1.29 is 19.1 Å². The molecule has 1 aromatic carbocycles. The van der Waals surface area contributed by atoms with Gasteiger partial charge in [0.15, 0.2) is 12.7 Å². The van der Waals surface area contributed by atoms with Gasteiger partial charge in [0, 0.05) is 0 Å². The Morgan fingerprint density at radius 2 is 2.12 bits per heavy atom. The zero-order chi connectivity index (χ0) is 12.8. The molecule has 0 spiro atoms. The largest absolute Gasteiger partial charge is 0.482 e. The number of benzene rings is 1. The first-order chi connectivity index (χ1) is 7.99. The summed E-state index contributed by atoms with van der Waals surface area (Å²) < 4.78 is 9.93. The van der Waals surface area contributed by atoms with Gasteiger partial charge < -0.3 is 15.2 Å². The van der Waals surface area contributed by atoms with Gasteiger partial charge in [0.05, 0.1) is 0 Å². The van der Waals surface area contributed by atoms with Crippen LogP contribution in [-0.4, -0.2) is 24.6 Å². The molecule has 0 radical (unpaired) electrons. The lowest BCUT2D eigenvalue weighted by molar-refractivity contribution is -0.155. The molecule has 5 heteroatoms. The Labute approximate surface area is 99.5 Å². The van der Waals surface area contributed by atoms with E-state index in [4.69, 9.17) is 15.2 Å². The summed E-state index contributed by atoms with van der Waals surface area (Å²) in [6, 6.07) is 7.27. The van der Waals surface area contributed by atoms with Crippen LogP contribution in [0.3, 0.4) is 0 Å². The Kier molecular flexibility index (Phi) is 4.51. The van der Waals surface area contributed by atoms with Gasteiger partial charge in [-0.15, -0.1) is 0 Å². The smallest absolute Gasteiger partial charge is 0.344 e. The highest BCUT2D eigenvalue weighted by Crippen LogP contribution is 2.12. The van der Waals surface area contributed by atoms with Gasteiger partial charge in [-0.25, -0.2) is 4.79 Å². The number of aryl methyl sites for hydroxylation is 1. The zero-order valence-corrected chi connectivity index (χ0v) is 9.80. The van der Waals surface area contributed by atoms with Gasteiger partial charge in [0.25, 0.3) is 5.91 Å². The Bertz CT molecular complexity index is 417. The van der Waals surface area contributed by atoms with E-state index in [9.17, 15) is 9.59 Å². The number of amides is 1. The summed E-state index contributed by atoms with van der Waals surface area (Å²) in [6.07, 6.45) is -0.941. The molecule has 0 aromatic heterocycles. The summed E-state index contributed by atoms with van der Waals surface area (Å²) in [4.78, 5) is 21.9. The molecule has 0 saturated heterocycles. The maximum Gasteiger partial charge on any atom is 0.344 e. The fourth-order valence-corrected chi connectivity index (χ4v) is 1.14. The van der Waals surface area contributed by atoms with Crippen molar-refractivity contribution in [2.75, 3.05) is 6.61 Å². The maximum absolute atomic E-state index is 11.3. The Balaban J connectivity index is 2.41. The summed E-state index contributed by atoms with van der Waals surface area (Å²) in [5.41, 5.74) is 5.98. The molecule has 92 valence electrons. The highest BCUT2D eigenvalue weighted by Gasteiger charge is 2.14. The fraction of sp³-hybridized carbons (Fsp3) is 0.333. The third kappa shape index (κ3) is 4.55. The fourth-order valence-electron chi connectivity index (χ4n) is 1.14. The van der Waals surface area contributed by atoms with E-state index in [2.05, 4.69) is 0 Å². The molecule has 1 rings (SSSR count).